The second-order valence-corrected chi connectivity index (χ2v) is 7.63. The molecule has 1 saturated carbocycles. The first-order chi connectivity index (χ1) is 14.5. The summed E-state index contributed by atoms with van der Waals surface area (Å²) in [5, 5.41) is 11.4. The topological polar surface area (TPSA) is 97.6 Å². The van der Waals surface area contributed by atoms with Crippen molar-refractivity contribution in [2.45, 2.75) is 38.6 Å². The van der Waals surface area contributed by atoms with E-state index < -0.39 is 11.5 Å². The number of carbonyl (C=O) groups excluding carboxylic acids is 2. The van der Waals surface area contributed by atoms with E-state index in [0.29, 0.717) is 17.7 Å². The van der Waals surface area contributed by atoms with Crippen LogP contribution in [-0.2, 0) is 6.54 Å². The zero-order chi connectivity index (χ0) is 21.5. The first kappa shape index (κ1) is 21.8. The molecule has 2 aromatic rings. The molecule has 0 atom stereocenters. The van der Waals surface area contributed by atoms with Crippen LogP contribution in [0.2, 0.25) is 0 Å². The summed E-state index contributed by atoms with van der Waals surface area (Å²) in [7, 11) is 1.46. The van der Waals surface area contributed by atoms with Crippen molar-refractivity contribution >= 4 is 11.7 Å². The lowest BCUT2D eigenvalue weighted by Gasteiger charge is -2.12. The molecule has 1 fully saturated rings. The lowest BCUT2D eigenvalue weighted by atomic mass is 10.0. The minimum absolute atomic E-state index is 0.0433. The van der Waals surface area contributed by atoms with E-state index in [4.69, 9.17) is 9.84 Å². The smallest absolute Gasteiger partial charge is 0.263 e. The fourth-order valence-electron chi connectivity index (χ4n) is 3.40. The molecule has 1 amide bonds. The van der Waals surface area contributed by atoms with Crippen LogP contribution in [0.25, 0.3) is 0 Å². The highest BCUT2D eigenvalue weighted by Crippen LogP contribution is 2.34. The highest BCUT2D eigenvalue weighted by molar-refractivity contribution is 6.00. The van der Waals surface area contributed by atoms with Crippen LogP contribution in [0.5, 0.6) is 5.75 Å². The summed E-state index contributed by atoms with van der Waals surface area (Å²) in [6.45, 7) is 0.279. The van der Waals surface area contributed by atoms with E-state index in [0.717, 1.165) is 24.3 Å². The fraction of sp³-hybridized carbons (Fsp3) is 0.435. The second-order valence-electron chi connectivity index (χ2n) is 7.63. The Morgan fingerprint density at radius 1 is 1.27 bits per heavy atom. The van der Waals surface area contributed by atoms with Crippen molar-refractivity contribution < 1.29 is 19.4 Å². The van der Waals surface area contributed by atoms with Gasteiger partial charge in [0.15, 0.2) is 5.78 Å². The van der Waals surface area contributed by atoms with Crippen LogP contribution in [0.4, 0.5) is 0 Å². The van der Waals surface area contributed by atoms with Gasteiger partial charge in [0.05, 0.1) is 13.2 Å². The van der Waals surface area contributed by atoms with Crippen molar-refractivity contribution in [1.82, 2.24) is 9.88 Å². The van der Waals surface area contributed by atoms with Crippen LogP contribution >= 0.6 is 0 Å². The number of nitrogens with one attached hydrogen (secondary N) is 1. The van der Waals surface area contributed by atoms with Crippen LogP contribution in [0.1, 0.15) is 58.4 Å². The molecule has 7 nitrogen and oxygen atoms in total. The highest BCUT2D eigenvalue weighted by atomic mass is 16.5. The zero-order valence-electron chi connectivity index (χ0n) is 17.2. The number of hydrogen-bond acceptors (Lipinski definition) is 5. The maximum absolute atomic E-state index is 12.8. The number of benzene rings is 1. The lowest BCUT2D eigenvalue weighted by molar-refractivity contribution is 0.0961. The number of ether oxygens (including phenoxy) is 1. The van der Waals surface area contributed by atoms with Gasteiger partial charge >= 0.3 is 0 Å². The van der Waals surface area contributed by atoms with Gasteiger partial charge in [-0.25, -0.2) is 0 Å². The second kappa shape index (κ2) is 10.2. The van der Waals surface area contributed by atoms with Crippen molar-refractivity contribution in [2.24, 2.45) is 5.92 Å². The van der Waals surface area contributed by atoms with Crippen LogP contribution in [0, 0.1) is 5.92 Å². The first-order valence-corrected chi connectivity index (χ1v) is 10.3. The molecule has 0 spiro atoms. The maximum Gasteiger partial charge on any atom is 0.263 e. The SMILES string of the molecule is CNC(=O)c1cc(C(=O)CCCC2CC2)cn(Cc2cccc(OCCO)c2)c1=O. The zero-order valence-corrected chi connectivity index (χ0v) is 17.2. The van der Waals surface area contributed by atoms with Crippen molar-refractivity contribution in [2.75, 3.05) is 20.3 Å². The molecule has 0 bridgehead atoms. The third kappa shape index (κ3) is 5.79. The third-order valence-electron chi connectivity index (χ3n) is 5.20. The first-order valence-electron chi connectivity index (χ1n) is 10.3. The number of carbonyl (C=O) groups is 2. The monoisotopic (exact) mass is 412 g/mol. The lowest BCUT2D eigenvalue weighted by Crippen LogP contribution is -2.32. The number of rotatable bonds is 11. The molecule has 1 aromatic carbocycles. The summed E-state index contributed by atoms with van der Waals surface area (Å²) in [5.41, 5.74) is 0.661. The maximum atomic E-state index is 12.8. The Hall–Kier alpha value is -2.93. The Bertz CT molecular complexity index is 962. The van der Waals surface area contributed by atoms with Gasteiger partial charge in [-0.05, 0) is 36.1 Å². The summed E-state index contributed by atoms with van der Waals surface area (Å²) in [6.07, 6.45) is 6.32. The number of Topliss-reactive ketones (excluding diaryl/α,β-unsaturated/α-hetero) is 1. The molecule has 1 aliphatic rings. The Balaban J connectivity index is 1.85. The molecule has 0 aliphatic heterocycles. The summed E-state index contributed by atoms with van der Waals surface area (Å²) in [4.78, 5) is 37.8. The largest absolute Gasteiger partial charge is 0.491 e. The molecule has 2 N–H and O–H groups in total. The normalized spacial score (nSPS) is 13.1. The van der Waals surface area contributed by atoms with Gasteiger partial charge in [-0.2, -0.15) is 0 Å². The van der Waals surface area contributed by atoms with Crippen molar-refractivity contribution in [1.29, 1.82) is 0 Å². The average molecular weight is 412 g/mol. The molecule has 1 aromatic heterocycles. The molecule has 7 heteroatoms. The van der Waals surface area contributed by atoms with Gasteiger partial charge in [0, 0.05) is 25.2 Å². The predicted octanol–water partition coefficient (Wildman–Crippen LogP) is 2.39. The minimum atomic E-state index is -0.513. The number of aliphatic hydroxyl groups excluding tert-OH is 1. The predicted molar refractivity (Wildman–Crippen MR) is 113 cm³/mol. The number of aliphatic hydroxyl groups is 1. The van der Waals surface area contributed by atoms with Crippen LogP contribution in [0.3, 0.4) is 0 Å². The molecule has 1 aliphatic carbocycles. The van der Waals surface area contributed by atoms with Crippen LogP contribution in [0.15, 0.2) is 41.3 Å². The van der Waals surface area contributed by atoms with Crippen LogP contribution in [-0.4, -0.2) is 41.6 Å². The van der Waals surface area contributed by atoms with Gasteiger partial charge < -0.3 is 19.7 Å². The summed E-state index contributed by atoms with van der Waals surface area (Å²) in [5.74, 6) is 0.762. The molecular weight excluding hydrogens is 384 g/mol. The number of hydrogen-bond donors (Lipinski definition) is 2. The summed E-state index contributed by atoms with van der Waals surface area (Å²) in [6, 6.07) is 8.56. The van der Waals surface area contributed by atoms with Gasteiger partial charge in [0.25, 0.3) is 11.5 Å². The van der Waals surface area contributed by atoms with Gasteiger partial charge in [-0.15, -0.1) is 0 Å². The molecule has 0 radical (unpaired) electrons. The Morgan fingerprint density at radius 3 is 2.77 bits per heavy atom. The van der Waals surface area contributed by atoms with Gasteiger partial charge in [0.1, 0.15) is 17.9 Å². The molecule has 3 rings (SSSR count). The van der Waals surface area contributed by atoms with E-state index in [1.807, 2.05) is 6.07 Å². The quantitative estimate of drug-likeness (QED) is 0.553. The molecule has 30 heavy (non-hydrogen) atoms. The van der Waals surface area contributed by atoms with E-state index in [1.165, 1.54) is 36.7 Å². The van der Waals surface area contributed by atoms with Gasteiger partial charge in [0.2, 0.25) is 0 Å². The van der Waals surface area contributed by atoms with E-state index in [-0.39, 0.29) is 31.1 Å². The van der Waals surface area contributed by atoms with E-state index in [2.05, 4.69) is 5.32 Å². The molecular formula is C23H28N2O5. The Labute approximate surface area is 175 Å². The standard InChI is InChI=1S/C23H28N2O5/c1-24-22(28)20-13-18(21(27)7-3-4-16-8-9-16)15-25(23(20)29)14-17-5-2-6-19(12-17)30-11-10-26/h2,5-6,12-13,15-16,26H,3-4,7-11,14H2,1H3,(H,24,28). The number of aromatic nitrogens is 1. The summed E-state index contributed by atoms with van der Waals surface area (Å²) < 4.78 is 6.81. The minimum Gasteiger partial charge on any atom is -0.491 e. The fourth-order valence-corrected chi connectivity index (χ4v) is 3.40. The third-order valence-corrected chi connectivity index (χ3v) is 5.20. The van der Waals surface area contributed by atoms with Gasteiger partial charge in [-0.1, -0.05) is 31.4 Å². The van der Waals surface area contributed by atoms with Crippen molar-refractivity contribution in [3.63, 3.8) is 0 Å². The number of ketones is 1. The molecule has 1 heterocycles. The van der Waals surface area contributed by atoms with Crippen molar-refractivity contribution in [3.05, 3.63) is 63.6 Å². The molecule has 0 unspecified atom stereocenters. The Morgan fingerprint density at radius 2 is 2.07 bits per heavy atom. The number of pyridine rings is 1. The molecule has 0 saturated heterocycles. The van der Waals surface area contributed by atoms with E-state index in [1.54, 1.807) is 18.2 Å². The molecule has 160 valence electrons. The Kier molecular flexibility index (Phi) is 7.41. The van der Waals surface area contributed by atoms with E-state index in [9.17, 15) is 14.4 Å². The van der Waals surface area contributed by atoms with Crippen LogP contribution < -0.4 is 15.6 Å². The van der Waals surface area contributed by atoms with E-state index >= 15 is 0 Å². The average Bonchev–Trinajstić information content (AvgIpc) is 3.57. The number of nitrogens with zero attached hydrogens (tertiary/aromatic N) is 1. The summed E-state index contributed by atoms with van der Waals surface area (Å²) >= 11 is 0. The number of amides is 1. The van der Waals surface area contributed by atoms with Crippen molar-refractivity contribution in [3.8, 4) is 5.75 Å². The van der Waals surface area contributed by atoms with Gasteiger partial charge in [-0.3, -0.25) is 14.4 Å². The highest BCUT2D eigenvalue weighted by Gasteiger charge is 2.22.